The molecule has 1 aromatic rings. The molecule has 1 saturated heterocycles. The van der Waals surface area contributed by atoms with Gasteiger partial charge in [-0.15, -0.1) is 0 Å². The van der Waals surface area contributed by atoms with Gasteiger partial charge in [0.05, 0.1) is 24.2 Å². The fraction of sp³-hybridized carbons (Fsp3) is 0.538. The Kier molecular flexibility index (Phi) is 4.34. The fourth-order valence-corrected chi connectivity index (χ4v) is 2.39. The molecule has 0 saturated carbocycles. The summed E-state index contributed by atoms with van der Waals surface area (Å²) in [4.78, 5) is 12.5. The Hall–Kier alpha value is -1.66. The second-order valence-electron chi connectivity index (χ2n) is 4.83. The first-order valence-electron chi connectivity index (χ1n) is 6.31. The molecule has 104 valence electrons. The lowest BCUT2D eigenvalue weighted by molar-refractivity contribution is -0.385. The maximum atomic E-state index is 10.9. The Morgan fingerprint density at radius 2 is 2.32 bits per heavy atom. The molecule has 1 fully saturated rings. The van der Waals surface area contributed by atoms with E-state index in [1.54, 1.807) is 12.1 Å². The lowest BCUT2D eigenvalue weighted by Gasteiger charge is -2.29. The van der Waals surface area contributed by atoms with Crippen LogP contribution in [-0.4, -0.2) is 41.2 Å². The molecule has 1 aliphatic heterocycles. The lowest BCUT2D eigenvalue weighted by Crippen LogP contribution is -2.37. The van der Waals surface area contributed by atoms with E-state index in [1.165, 1.54) is 13.2 Å². The third-order valence-electron chi connectivity index (χ3n) is 3.28. The van der Waals surface area contributed by atoms with Crippen LogP contribution >= 0.6 is 0 Å². The SMILES string of the molecule is COc1cc(CN2CCCC(O)C2)cc([N+](=O)[O-])c1. The Morgan fingerprint density at radius 1 is 1.53 bits per heavy atom. The number of benzene rings is 1. The van der Waals surface area contributed by atoms with E-state index in [0.29, 0.717) is 18.8 Å². The minimum Gasteiger partial charge on any atom is -0.496 e. The highest BCUT2D eigenvalue weighted by molar-refractivity contribution is 5.42. The highest BCUT2D eigenvalue weighted by Gasteiger charge is 2.19. The average molecular weight is 266 g/mol. The number of aliphatic hydroxyl groups is 1. The van der Waals surface area contributed by atoms with Crippen molar-refractivity contribution in [1.82, 2.24) is 4.90 Å². The lowest BCUT2D eigenvalue weighted by atomic mass is 10.1. The zero-order valence-electron chi connectivity index (χ0n) is 10.9. The van der Waals surface area contributed by atoms with Crippen molar-refractivity contribution in [2.24, 2.45) is 0 Å². The van der Waals surface area contributed by atoms with Crippen LogP contribution in [0.25, 0.3) is 0 Å². The summed E-state index contributed by atoms with van der Waals surface area (Å²) in [6.45, 7) is 2.11. The molecule has 1 aliphatic rings. The third kappa shape index (κ3) is 3.65. The van der Waals surface area contributed by atoms with Gasteiger partial charge >= 0.3 is 0 Å². The first-order chi connectivity index (χ1) is 9.08. The summed E-state index contributed by atoms with van der Waals surface area (Å²) in [5, 5.41) is 20.5. The number of rotatable bonds is 4. The quantitative estimate of drug-likeness (QED) is 0.661. The molecule has 1 atom stereocenters. The maximum Gasteiger partial charge on any atom is 0.273 e. The van der Waals surface area contributed by atoms with Gasteiger partial charge in [0.2, 0.25) is 0 Å². The van der Waals surface area contributed by atoms with Crippen molar-refractivity contribution >= 4 is 5.69 Å². The number of aliphatic hydroxyl groups excluding tert-OH is 1. The van der Waals surface area contributed by atoms with Gasteiger partial charge in [-0.25, -0.2) is 0 Å². The molecule has 0 bridgehead atoms. The summed E-state index contributed by atoms with van der Waals surface area (Å²) in [5.41, 5.74) is 0.868. The van der Waals surface area contributed by atoms with Gasteiger partial charge in [-0.3, -0.25) is 15.0 Å². The van der Waals surface area contributed by atoms with Crippen molar-refractivity contribution in [3.63, 3.8) is 0 Å². The Morgan fingerprint density at radius 3 is 2.95 bits per heavy atom. The van der Waals surface area contributed by atoms with Gasteiger partial charge in [0.15, 0.2) is 0 Å². The number of piperidine rings is 1. The van der Waals surface area contributed by atoms with E-state index in [9.17, 15) is 15.2 Å². The summed E-state index contributed by atoms with van der Waals surface area (Å²) in [5.74, 6) is 0.488. The number of likely N-dealkylation sites (tertiary alicyclic amines) is 1. The van der Waals surface area contributed by atoms with E-state index in [-0.39, 0.29) is 11.8 Å². The number of non-ortho nitro benzene ring substituents is 1. The molecule has 6 heteroatoms. The van der Waals surface area contributed by atoms with Crippen molar-refractivity contribution in [2.45, 2.75) is 25.5 Å². The fourth-order valence-electron chi connectivity index (χ4n) is 2.39. The van der Waals surface area contributed by atoms with Gasteiger partial charge in [-0.1, -0.05) is 0 Å². The molecule has 1 N–H and O–H groups in total. The van der Waals surface area contributed by atoms with Crippen LogP contribution in [-0.2, 0) is 6.54 Å². The maximum absolute atomic E-state index is 10.9. The van der Waals surface area contributed by atoms with Crippen molar-refractivity contribution < 1.29 is 14.8 Å². The number of hydrogen-bond donors (Lipinski definition) is 1. The van der Waals surface area contributed by atoms with Crippen molar-refractivity contribution in [3.05, 3.63) is 33.9 Å². The molecule has 0 aromatic heterocycles. The number of hydrogen-bond acceptors (Lipinski definition) is 5. The van der Waals surface area contributed by atoms with Crippen molar-refractivity contribution in [2.75, 3.05) is 20.2 Å². The molecular weight excluding hydrogens is 248 g/mol. The van der Waals surface area contributed by atoms with E-state index < -0.39 is 4.92 Å². The molecule has 0 radical (unpaired) electrons. The summed E-state index contributed by atoms with van der Waals surface area (Å²) in [7, 11) is 1.49. The number of nitro benzene ring substituents is 1. The van der Waals surface area contributed by atoms with Crippen LogP contribution in [0.2, 0.25) is 0 Å². The zero-order valence-corrected chi connectivity index (χ0v) is 10.9. The van der Waals surface area contributed by atoms with Crippen LogP contribution in [0.4, 0.5) is 5.69 Å². The zero-order chi connectivity index (χ0) is 13.8. The molecular formula is C13H18N2O4. The van der Waals surface area contributed by atoms with Gasteiger partial charge in [0.25, 0.3) is 5.69 Å². The Labute approximate surface area is 111 Å². The highest BCUT2D eigenvalue weighted by Crippen LogP contribution is 2.24. The molecule has 2 rings (SSSR count). The molecule has 0 amide bonds. The standard InChI is InChI=1S/C13H18N2O4/c1-19-13-6-10(5-11(7-13)15(17)18)8-14-4-2-3-12(16)9-14/h5-7,12,16H,2-4,8-9H2,1H3. The van der Waals surface area contributed by atoms with Crippen molar-refractivity contribution in [1.29, 1.82) is 0 Å². The summed E-state index contributed by atoms with van der Waals surface area (Å²) < 4.78 is 5.08. The normalized spacial score (nSPS) is 20.2. The van der Waals surface area contributed by atoms with Crippen LogP contribution in [0, 0.1) is 10.1 Å². The number of ether oxygens (including phenoxy) is 1. The number of nitro groups is 1. The van der Waals surface area contributed by atoms with E-state index in [0.717, 1.165) is 24.9 Å². The minimum absolute atomic E-state index is 0.0342. The molecule has 0 aliphatic carbocycles. The number of methoxy groups -OCH3 is 1. The van der Waals surface area contributed by atoms with Crippen LogP contribution in [0.15, 0.2) is 18.2 Å². The first kappa shape index (κ1) is 13.8. The second-order valence-corrected chi connectivity index (χ2v) is 4.83. The monoisotopic (exact) mass is 266 g/mol. The van der Waals surface area contributed by atoms with Gasteiger partial charge in [-0.05, 0) is 31.0 Å². The van der Waals surface area contributed by atoms with Crippen LogP contribution in [0.1, 0.15) is 18.4 Å². The molecule has 0 spiro atoms. The number of β-amino-alcohol motifs (C(OH)–C–C–N with tert-alkyl or cyclic N) is 1. The number of nitrogens with zero attached hydrogens (tertiary/aromatic N) is 2. The van der Waals surface area contributed by atoms with Crippen LogP contribution in [0.5, 0.6) is 5.75 Å². The van der Waals surface area contributed by atoms with Gasteiger partial charge in [0.1, 0.15) is 5.75 Å². The Bertz CT molecular complexity index is 464. The smallest absolute Gasteiger partial charge is 0.273 e. The minimum atomic E-state index is -0.420. The molecule has 1 unspecified atom stereocenters. The van der Waals surface area contributed by atoms with Crippen LogP contribution < -0.4 is 4.74 Å². The summed E-state index contributed by atoms with van der Waals surface area (Å²) >= 11 is 0. The largest absolute Gasteiger partial charge is 0.496 e. The van der Waals surface area contributed by atoms with E-state index >= 15 is 0 Å². The molecule has 1 aromatic carbocycles. The van der Waals surface area contributed by atoms with E-state index in [1.807, 2.05) is 0 Å². The van der Waals surface area contributed by atoms with Gasteiger partial charge in [-0.2, -0.15) is 0 Å². The van der Waals surface area contributed by atoms with E-state index in [2.05, 4.69) is 4.90 Å². The molecule has 19 heavy (non-hydrogen) atoms. The van der Waals surface area contributed by atoms with Gasteiger partial charge < -0.3 is 9.84 Å². The predicted octanol–water partition coefficient (Wildman–Crippen LogP) is 1.56. The first-order valence-corrected chi connectivity index (χ1v) is 6.31. The molecule has 1 heterocycles. The Balaban J connectivity index is 2.14. The van der Waals surface area contributed by atoms with Gasteiger partial charge in [0, 0.05) is 19.2 Å². The van der Waals surface area contributed by atoms with Crippen molar-refractivity contribution in [3.8, 4) is 5.75 Å². The highest BCUT2D eigenvalue weighted by atomic mass is 16.6. The summed E-state index contributed by atoms with van der Waals surface area (Å²) in [6.07, 6.45) is 1.48. The average Bonchev–Trinajstić information content (AvgIpc) is 2.38. The summed E-state index contributed by atoms with van der Waals surface area (Å²) in [6, 6.07) is 4.77. The third-order valence-corrected chi connectivity index (χ3v) is 3.28. The van der Waals surface area contributed by atoms with E-state index in [4.69, 9.17) is 4.74 Å². The molecule has 6 nitrogen and oxygen atoms in total. The topological polar surface area (TPSA) is 75.8 Å². The van der Waals surface area contributed by atoms with Crippen LogP contribution in [0.3, 0.4) is 0 Å². The predicted molar refractivity (Wildman–Crippen MR) is 70.2 cm³/mol. The second kappa shape index (κ2) is 5.99.